The van der Waals surface area contributed by atoms with Gasteiger partial charge < -0.3 is 5.32 Å². The predicted octanol–water partition coefficient (Wildman–Crippen LogP) is 2.88. The minimum absolute atomic E-state index is 0.0973. The highest BCUT2D eigenvalue weighted by Crippen LogP contribution is 2.25. The Labute approximate surface area is 109 Å². The highest BCUT2D eigenvalue weighted by atomic mass is 19.1. The minimum Gasteiger partial charge on any atom is -0.315 e. The van der Waals surface area contributed by atoms with Crippen LogP contribution in [0.1, 0.15) is 37.4 Å². The van der Waals surface area contributed by atoms with E-state index in [1.165, 1.54) is 6.42 Å². The summed E-state index contributed by atoms with van der Waals surface area (Å²) in [5, 5.41) is 3.40. The number of nitrogens with zero attached hydrogens (tertiary/aromatic N) is 1. The molecule has 1 fully saturated rings. The minimum atomic E-state index is -0.0973. The van der Waals surface area contributed by atoms with Crippen LogP contribution in [0.3, 0.4) is 0 Å². The van der Waals surface area contributed by atoms with Gasteiger partial charge in [0.25, 0.3) is 0 Å². The molecule has 0 radical (unpaired) electrons. The summed E-state index contributed by atoms with van der Waals surface area (Å²) >= 11 is 0. The second-order valence-corrected chi connectivity index (χ2v) is 5.16. The summed E-state index contributed by atoms with van der Waals surface area (Å²) in [7, 11) is 0. The Morgan fingerprint density at radius 2 is 2.28 bits per heavy atom. The molecule has 2 nitrogen and oxygen atoms in total. The zero-order valence-corrected chi connectivity index (χ0v) is 11.5. The molecule has 1 aromatic rings. The molecule has 0 amide bonds. The topological polar surface area (TPSA) is 15.3 Å². The largest absolute Gasteiger partial charge is 0.315 e. The van der Waals surface area contributed by atoms with Crippen LogP contribution in [0.4, 0.5) is 4.39 Å². The van der Waals surface area contributed by atoms with E-state index >= 15 is 0 Å². The van der Waals surface area contributed by atoms with Crippen molar-refractivity contribution in [1.29, 1.82) is 0 Å². The molecule has 1 aliphatic rings. The molecule has 1 saturated heterocycles. The summed E-state index contributed by atoms with van der Waals surface area (Å²) in [4.78, 5) is 2.46. The maximum Gasteiger partial charge on any atom is 0.126 e. The van der Waals surface area contributed by atoms with Crippen molar-refractivity contribution in [3.8, 4) is 0 Å². The van der Waals surface area contributed by atoms with Crippen molar-refractivity contribution in [2.24, 2.45) is 0 Å². The quantitative estimate of drug-likeness (QED) is 0.884. The van der Waals surface area contributed by atoms with Crippen LogP contribution in [0.5, 0.6) is 0 Å². The fourth-order valence-electron chi connectivity index (χ4n) is 2.83. The van der Waals surface area contributed by atoms with Crippen molar-refractivity contribution >= 4 is 0 Å². The number of hydrogen-bond acceptors (Lipinski definition) is 2. The number of rotatable bonds is 4. The fraction of sp³-hybridized carbons (Fsp3) is 0.600. The Bertz CT molecular complexity index is 399. The predicted molar refractivity (Wildman–Crippen MR) is 73.2 cm³/mol. The zero-order chi connectivity index (χ0) is 13.1. The van der Waals surface area contributed by atoms with Gasteiger partial charge in [-0.25, -0.2) is 4.39 Å². The van der Waals surface area contributed by atoms with Crippen LogP contribution in [-0.2, 0) is 0 Å². The number of aryl methyl sites for hydroxylation is 1. The average molecular weight is 250 g/mol. The first-order chi connectivity index (χ1) is 8.63. The molecule has 3 heteroatoms. The van der Waals surface area contributed by atoms with Gasteiger partial charge in [0.1, 0.15) is 5.82 Å². The summed E-state index contributed by atoms with van der Waals surface area (Å²) in [6, 6.07) is 6.46. The smallest absolute Gasteiger partial charge is 0.126 e. The molecule has 18 heavy (non-hydrogen) atoms. The zero-order valence-electron chi connectivity index (χ0n) is 11.5. The maximum absolute atomic E-state index is 13.7. The third kappa shape index (κ3) is 2.73. The van der Waals surface area contributed by atoms with Crippen molar-refractivity contribution in [1.82, 2.24) is 10.2 Å². The Morgan fingerprint density at radius 1 is 1.50 bits per heavy atom. The number of benzene rings is 1. The van der Waals surface area contributed by atoms with Crippen LogP contribution in [0.2, 0.25) is 0 Å². The van der Waals surface area contributed by atoms with Crippen molar-refractivity contribution in [3.63, 3.8) is 0 Å². The average Bonchev–Trinajstić information content (AvgIpc) is 2.87. The molecule has 0 spiro atoms. The van der Waals surface area contributed by atoms with Gasteiger partial charge in [0.15, 0.2) is 0 Å². The summed E-state index contributed by atoms with van der Waals surface area (Å²) in [5.74, 6) is -0.0973. The Morgan fingerprint density at radius 3 is 2.83 bits per heavy atom. The van der Waals surface area contributed by atoms with E-state index in [1.54, 1.807) is 6.07 Å². The second kappa shape index (κ2) is 5.81. The first-order valence-corrected chi connectivity index (χ1v) is 6.86. The normalized spacial score (nSPS) is 21.5. The number of likely N-dealkylation sites (N-methyl/N-ethyl adjacent to an activating group) is 1. The molecule has 100 valence electrons. The monoisotopic (exact) mass is 250 g/mol. The standard InChI is InChI=1S/C15H23FN2/c1-4-18(14-7-8-17-10-14)12(3)13-6-5-11(2)15(16)9-13/h5-6,9,12,14,17H,4,7-8,10H2,1-3H3. The van der Waals surface area contributed by atoms with Crippen LogP contribution in [0, 0.1) is 12.7 Å². The summed E-state index contributed by atoms with van der Waals surface area (Å²) < 4.78 is 13.7. The van der Waals surface area contributed by atoms with E-state index in [0.29, 0.717) is 6.04 Å². The summed E-state index contributed by atoms with van der Waals surface area (Å²) in [6.07, 6.45) is 1.19. The van der Waals surface area contributed by atoms with Gasteiger partial charge in [-0.05, 0) is 50.6 Å². The molecule has 0 aromatic heterocycles. The van der Waals surface area contributed by atoms with E-state index in [4.69, 9.17) is 0 Å². The summed E-state index contributed by atoms with van der Waals surface area (Å²) in [6.45, 7) is 9.30. The van der Waals surface area contributed by atoms with Gasteiger partial charge in [0.2, 0.25) is 0 Å². The van der Waals surface area contributed by atoms with Gasteiger partial charge in [-0.3, -0.25) is 4.90 Å². The lowest BCUT2D eigenvalue weighted by atomic mass is 10.0. The van der Waals surface area contributed by atoms with Crippen molar-refractivity contribution in [2.45, 2.75) is 39.3 Å². The van der Waals surface area contributed by atoms with Gasteiger partial charge in [-0.2, -0.15) is 0 Å². The SMILES string of the molecule is CCN(C1CCNC1)C(C)c1ccc(C)c(F)c1. The van der Waals surface area contributed by atoms with Crippen molar-refractivity contribution in [2.75, 3.05) is 19.6 Å². The van der Waals surface area contributed by atoms with Crippen LogP contribution in [-0.4, -0.2) is 30.6 Å². The number of nitrogens with one attached hydrogen (secondary N) is 1. The van der Waals surface area contributed by atoms with Gasteiger partial charge in [0, 0.05) is 18.6 Å². The first-order valence-electron chi connectivity index (χ1n) is 6.86. The third-order valence-electron chi connectivity index (χ3n) is 4.04. The van der Waals surface area contributed by atoms with Gasteiger partial charge >= 0.3 is 0 Å². The molecule has 0 aliphatic carbocycles. The van der Waals surface area contributed by atoms with Crippen LogP contribution in [0.25, 0.3) is 0 Å². The summed E-state index contributed by atoms with van der Waals surface area (Å²) in [5.41, 5.74) is 1.79. The van der Waals surface area contributed by atoms with E-state index < -0.39 is 0 Å². The fourth-order valence-corrected chi connectivity index (χ4v) is 2.83. The lowest BCUT2D eigenvalue weighted by Crippen LogP contribution is -2.38. The van der Waals surface area contributed by atoms with Crippen molar-refractivity contribution < 1.29 is 4.39 Å². The highest BCUT2D eigenvalue weighted by molar-refractivity contribution is 5.25. The van der Waals surface area contributed by atoms with Crippen LogP contribution < -0.4 is 5.32 Å². The molecular weight excluding hydrogens is 227 g/mol. The molecule has 1 aliphatic heterocycles. The highest BCUT2D eigenvalue weighted by Gasteiger charge is 2.25. The third-order valence-corrected chi connectivity index (χ3v) is 4.04. The molecule has 2 atom stereocenters. The number of halogens is 1. The molecule has 1 aromatic carbocycles. The molecule has 2 unspecified atom stereocenters. The van der Waals surface area contributed by atoms with Gasteiger partial charge in [-0.1, -0.05) is 19.1 Å². The maximum atomic E-state index is 13.7. The van der Waals surface area contributed by atoms with E-state index in [9.17, 15) is 4.39 Å². The van der Waals surface area contributed by atoms with E-state index in [2.05, 4.69) is 24.1 Å². The molecular formula is C15H23FN2. The lowest BCUT2D eigenvalue weighted by Gasteiger charge is -2.33. The number of hydrogen-bond donors (Lipinski definition) is 1. The lowest BCUT2D eigenvalue weighted by molar-refractivity contribution is 0.162. The second-order valence-electron chi connectivity index (χ2n) is 5.16. The van der Waals surface area contributed by atoms with Gasteiger partial charge in [-0.15, -0.1) is 0 Å². The Hall–Kier alpha value is -0.930. The Kier molecular flexibility index (Phi) is 4.36. The molecule has 0 saturated carbocycles. The van der Waals surface area contributed by atoms with Crippen molar-refractivity contribution in [3.05, 3.63) is 35.1 Å². The molecule has 1 N–H and O–H groups in total. The van der Waals surface area contributed by atoms with Crippen LogP contribution in [0.15, 0.2) is 18.2 Å². The van der Waals surface area contributed by atoms with Gasteiger partial charge in [0.05, 0.1) is 0 Å². The first kappa shape index (κ1) is 13.5. The van der Waals surface area contributed by atoms with E-state index in [1.807, 2.05) is 19.1 Å². The van der Waals surface area contributed by atoms with E-state index in [-0.39, 0.29) is 11.9 Å². The van der Waals surface area contributed by atoms with Crippen LogP contribution >= 0.6 is 0 Å². The molecule has 2 rings (SSSR count). The molecule has 0 bridgehead atoms. The molecule has 1 heterocycles. The van der Waals surface area contributed by atoms with E-state index in [0.717, 1.165) is 30.8 Å². The Balaban J connectivity index is 2.16.